The lowest BCUT2D eigenvalue weighted by Crippen LogP contribution is -2.27. The zero-order chi connectivity index (χ0) is 18.0. The van der Waals surface area contributed by atoms with Crippen molar-refractivity contribution in [2.45, 2.75) is 37.3 Å². The lowest BCUT2D eigenvalue weighted by molar-refractivity contribution is -0.115. The van der Waals surface area contributed by atoms with Crippen LogP contribution in [0.2, 0.25) is 0 Å². The van der Waals surface area contributed by atoms with Gasteiger partial charge in [0.05, 0.1) is 6.42 Å². The van der Waals surface area contributed by atoms with Crippen LogP contribution in [0.3, 0.4) is 0 Å². The molecule has 1 saturated heterocycles. The van der Waals surface area contributed by atoms with E-state index in [4.69, 9.17) is 0 Å². The maximum atomic E-state index is 12.5. The molecule has 2 heterocycles. The van der Waals surface area contributed by atoms with Crippen LogP contribution in [0.5, 0.6) is 0 Å². The van der Waals surface area contributed by atoms with E-state index >= 15 is 0 Å². The van der Waals surface area contributed by atoms with E-state index in [0.717, 1.165) is 34.5 Å². The van der Waals surface area contributed by atoms with Gasteiger partial charge in [0.1, 0.15) is 4.21 Å². The van der Waals surface area contributed by atoms with Crippen molar-refractivity contribution < 1.29 is 13.2 Å². The lowest BCUT2D eigenvalue weighted by Gasteiger charge is -2.13. The second-order valence-electron chi connectivity index (χ2n) is 6.30. The first-order valence-electron chi connectivity index (χ1n) is 8.33. The molecule has 1 aliphatic rings. The molecule has 134 valence electrons. The standard InChI is InChI=1S/C18H22N2O3S2/c1-13-6-5-7-16(14(13)2)19-17(21)12-15-8-9-18(24-15)25(22,23)20-10-3-4-11-20/h5-9H,3-4,10-12H2,1-2H3,(H,19,21). The van der Waals surface area contributed by atoms with E-state index in [9.17, 15) is 13.2 Å². The van der Waals surface area contributed by atoms with Crippen LogP contribution in [0.15, 0.2) is 34.5 Å². The van der Waals surface area contributed by atoms with Gasteiger partial charge in [0.15, 0.2) is 0 Å². The fourth-order valence-electron chi connectivity index (χ4n) is 2.89. The highest BCUT2D eigenvalue weighted by Crippen LogP contribution is 2.28. The summed E-state index contributed by atoms with van der Waals surface area (Å²) in [5, 5.41) is 2.91. The first-order chi connectivity index (χ1) is 11.9. The van der Waals surface area contributed by atoms with Gasteiger partial charge in [-0.1, -0.05) is 12.1 Å². The number of benzene rings is 1. The van der Waals surface area contributed by atoms with E-state index in [1.54, 1.807) is 12.1 Å². The van der Waals surface area contributed by atoms with Crippen molar-refractivity contribution in [1.29, 1.82) is 0 Å². The van der Waals surface area contributed by atoms with Crippen LogP contribution in [-0.4, -0.2) is 31.7 Å². The molecule has 1 N–H and O–H groups in total. The van der Waals surface area contributed by atoms with Crippen molar-refractivity contribution in [3.05, 3.63) is 46.3 Å². The minimum absolute atomic E-state index is 0.138. The molecule has 1 aromatic carbocycles. The third kappa shape index (κ3) is 3.94. The molecule has 5 nitrogen and oxygen atoms in total. The molecule has 1 amide bonds. The van der Waals surface area contributed by atoms with Gasteiger partial charge in [-0.2, -0.15) is 4.31 Å². The fourth-order valence-corrected chi connectivity index (χ4v) is 5.91. The quantitative estimate of drug-likeness (QED) is 0.868. The maximum Gasteiger partial charge on any atom is 0.252 e. The van der Waals surface area contributed by atoms with Crippen LogP contribution in [-0.2, 0) is 21.2 Å². The van der Waals surface area contributed by atoms with Gasteiger partial charge in [0.25, 0.3) is 10.0 Å². The Morgan fingerprint density at radius 1 is 1.16 bits per heavy atom. The van der Waals surface area contributed by atoms with Gasteiger partial charge in [-0.05, 0) is 56.0 Å². The number of carbonyl (C=O) groups is 1. The molecular weight excluding hydrogens is 356 g/mol. The van der Waals surface area contributed by atoms with Gasteiger partial charge in [0, 0.05) is 23.7 Å². The summed E-state index contributed by atoms with van der Waals surface area (Å²) in [4.78, 5) is 13.0. The zero-order valence-electron chi connectivity index (χ0n) is 14.4. The molecule has 25 heavy (non-hydrogen) atoms. The van der Waals surface area contributed by atoms with Gasteiger partial charge in [-0.15, -0.1) is 11.3 Å². The average molecular weight is 379 g/mol. The summed E-state index contributed by atoms with van der Waals surface area (Å²) in [6.07, 6.45) is 2.00. The molecule has 0 spiro atoms. The summed E-state index contributed by atoms with van der Waals surface area (Å²) >= 11 is 1.18. The van der Waals surface area contributed by atoms with E-state index in [0.29, 0.717) is 17.3 Å². The van der Waals surface area contributed by atoms with E-state index in [-0.39, 0.29) is 12.3 Å². The second kappa shape index (κ2) is 7.27. The number of carbonyl (C=O) groups excluding carboxylic acids is 1. The molecular formula is C18H22N2O3S2. The van der Waals surface area contributed by atoms with Crippen LogP contribution in [0, 0.1) is 13.8 Å². The lowest BCUT2D eigenvalue weighted by atomic mass is 10.1. The monoisotopic (exact) mass is 378 g/mol. The van der Waals surface area contributed by atoms with Crippen LogP contribution in [0.4, 0.5) is 5.69 Å². The predicted octanol–water partition coefficient (Wildman–Crippen LogP) is 3.33. The Kier molecular flexibility index (Phi) is 5.27. The average Bonchev–Trinajstić information content (AvgIpc) is 3.23. The van der Waals surface area contributed by atoms with Crippen molar-refractivity contribution in [1.82, 2.24) is 4.31 Å². The molecule has 0 saturated carbocycles. The Labute approximate surface area is 152 Å². The highest BCUT2D eigenvalue weighted by molar-refractivity contribution is 7.91. The van der Waals surface area contributed by atoms with Gasteiger partial charge in [-0.25, -0.2) is 8.42 Å². The minimum atomic E-state index is -3.40. The highest BCUT2D eigenvalue weighted by Gasteiger charge is 2.28. The van der Waals surface area contributed by atoms with Crippen molar-refractivity contribution in [2.75, 3.05) is 18.4 Å². The van der Waals surface area contributed by atoms with Crippen molar-refractivity contribution in [3.8, 4) is 0 Å². The molecule has 0 atom stereocenters. The number of rotatable bonds is 5. The smallest absolute Gasteiger partial charge is 0.252 e. The van der Waals surface area contributed by atoms with Crippen LogP contribution >= 0.6 is 11.3 Å². The Morgan fingerprint density at radius 3 is 2.60 bits per heavy atom. The molecule has 0 radical (unpaired) electrons. The van der Waals surface area contributed by atoms with Gasteiger partial charge in [-0.3, -0.25) is 4.79 Å². The van der Waals surface area contributed by atoms with Crippen molar-refractivity contribution in [2.24, 2.45) is 0 Å². The number of sulfonamides is 1. The SMILES string of the molecule is Cc1cccc(NC(=O)Cc2ccc(S(=O)(=O)N3CCCC3)s2)c1C. The van der Waals surface area contributed by atoms with Gasteiger partial charge in [0.2, 0.25) is 5.91 Å². The fraction of sp³-hybridized carbons (Fsp3) is 0.389. The molecule has 1 fully saturated rings. The molecule has 0 unspecified atom stereocenters. The summed E-state index contributed by atoms with van der Waals surface area (Å²) in [6.45, 7) is 5.14. The molecule has 0 aliphatic carbocycles. The highest BCUT2D eigenvalue weighted by atomic mass is 32.2. The van der Waals surface area contributed by atoms with Crippen molar-refractivity contribution in [3.63, 3.8) is 0 Å². The summed E-state index contributed by atoms with van der Waals surface area (Å²) in [6, 6.07) is 9.12. The molecule has 3 rings (SSSR count). The zero-order valence-corrected chi connectivity index (χ0v) is 16.0. The van der Waals surface area contributed by atoms with E-state index < -0.39 is 10.0 Å². The first kappa shape index (κ1) is 18.1. The van der Waals surface area contributed by atoms with Crippen LogP contribution < -0.4 is 5.32 Å². The summed E-state index contributed by atoms with van der Waals surface area (Å²) in [7, 11) is -3.40. The Balaban J connectivity index is 1.69. The Hall–Kier alpha value is -1.70. The van der Waals surface area contributed by atoms with Gasteiger partial charge >= 0.3 is 0 Å². The summed E-state index contributed by atoms with van der Waals surface area (Å²) < 4.78 is 26.9. The molecule has 7 heteroatoms. The largest absolute Gasteiger partial charge is 0.326 e. The van der Waals surface area contributed by atoms with Crippen LogP contribution in [0.25, 0.3) is 0 Å². The number of thiophene rings is 1. The van der Waals surface area contributed by atoms with E-state index in [1.807, 2.05) is 32.0 Å². The first-order valence-corrected chi connectivity index (χ1v) is 10.6. The maximum absolute atomic E-state index is 12.5. The minimum Gasteiger partial charge on any atom is -0.326 e. The number of nitrogens with one attached hydrogen (secondary N) is 1. The second-order valence-corrected chi connectivity index (χ2v) is 9.64. The molecule has 1 aliphatic heterocycles. The molecule has 1 aromatic heterocycles. The molecule has 0 bridgehead atoms. The summed E-state index contributed by atoms with van der Waals surface area (Å²) in [5.74, 6) is -0.138. The van der Waals surface area contributed by atoms with Gasteiger partial charge < -0.3 is 5.32 Å². The molecule has 2 aromatic rings. The number of amides is 1. The topological polar surface area (TPSA) is 66.5 Å². The third-order valence-electron chi connectivity index (χ3n) is 4.51. The number of hydrogen-bond acceptors (Lipinski definition) is 4. The van der Waals surface area contributed by atoms with Crippen LogP contribution in [0.1, 0.15) is 28.8 Å². The number of hydrogen-bond donors (Lipinski definition) is 1. The number of nitrogens with zero attached hydrogens (tertiary/aromatic N) is 1. The Bertz CT molecular complexity index is 881. The summed E-state index contributed by atoms with van der Waals surface area (Å²) in [5.41, 5.74) is 2.96. The van der Waals surface area contributed by atoms with E-state index in [1.165, 1.54) is 15.6 Å². The van der Waals surface area contributed by atoms with Crippen molar-refractivity contribution >= 4 is 33.0 Å². The third-order valence-corrected chi connectivity index (χ3v) is 7.96. The predicted molar refractivity (Wildman–Crippen MR) is 101 cm³/mol. The normalized spacial score (nSPS) is 15.4. The number of aryl methyl sites for hydroxylation is 1. The van der Waals surface area contributed by atoms with E-state index in [2.05, 4.69) is 5.32 Å². The Morgan fingerprint density at radius 2 is 1.88 bits per heavy atom. The number of anilines is 1.